The number of nitrogens with zero attached hydrogens (tertiary/aromatic N) is 2. The van der Waals surface area contributed by atoms with E-state index >= 15 is 0 Å². The van der Waals surface area contributed by atoms with Crippen molar-refractivity contribution >= 4 is 33.8 Å². The zero-order valence-electron chi connectivity index (χ0n) is 14.5. The monoisotopic (exact) mass is 390 g/mol. The molecule has 3 aromatic rings. The first-order valence-corrected chi connectivity index (χ1v) is 8.78. The largest absolute Gasteiger partial charge is 0.378 e. The highest BCUT2D eigenvalue weighted by Crippen LogP contribution is 2.24. The Morgan fingerprint density at radius 2 is 1.93 bits per heavy atom. The van der Waals surface area contributed by atoms with Gasteiger partial charge in [0.05, 0.1) is 18.0 Å². The molecule has 0 fully saturated rings. The summed E-state index contributed by atoms with van der Waals surface area (Å²) in [5.74, 6) is -1.94. The highest BCUT2D eigenvalue weighted by molar-refractivity contribution is 7.13. The third-order valence-electron chi connectivity index (χ3n) is 3.46. The van der Waals surface area contributed by atoms with Gasteiger partial charge >= 0.3 is 0 Å². The van der Waals surface area contributed by atoms with Crippen LogP contribution in [-0.2, 0) is 11.3 Å². The summed E-state index contributed by atoms with van der Waals surface area (Å²) in [7, 11) is 1.56. The van der Waals surface area contributed by atoms with E-state index < -0.39 is 17.5 Å². The van der Waals surface area contributed by atoms with Gasteiger partial charge in [0.2, 0.25) is 0 Å². The van der Waals surface area contributed by atoms with Crippen LogP contribution in [0.2, 0.25) is 0 Å². The minimum absolute atomic E-state index is 0.0863. The molecule has 0 aliphatic heterocycles. The first-order valence-electron chi connectivity index (χ1n) is 7.90. The zero-order valence-corrected chi connectivity index (χ0v) is 15.4. The van der Waals surface area contributed by atoms with Crippen molar-refractivity contribution in [3.63, 3.8) is 0 Å². The first-order chi connectivity index (χ1) is 12.9. The number of amides is 1. The Morgan fingerprint density at radius 1 is 1.19 bits per heavy atom. The summed E-state index contributed by atoms with van der Waals surface area (Å²) in [5.41, 5.74) is 1.89. The Morgan fingerprint density at radius 3 is 2.63 bits per heavy atom. The summed E-state index contributed by atoms with van der Waals surface area (Å²) in [6.45, 7) is 2.08. The van der Waals surface area contributed by atoms with Crippen LogP contribution in [0.4, 0.5) is 25.3 Å². The van der Waals surface area contributed by atoms with E-state index in [9.17, 15) is 13.6 Å². The Labute approximate surface area is 158 Å². The van der Waals surface area contributed by atoms with Crippen LogP contribution in [0.25, 0.3) is 0 Å². The van der Waals surface area contributed by atoms with Crippen molar-refractivity contribution < 1.29 is 18.3 Å². The molecule has 2 aromatic heterocycles. The second kappa shape index (κ2) is 8.19. The lowest BCUT2D eigenvalue weighted by atomic mass is 10.2. The van der Waals surface area contributed by atoms with Gasteiger partial charge in [-0.1, -0.05) is 0 Å². The standard InChI is InChI=1S/C18H16F2N4O2S/c1-10-3-4-15(22-13-6-11(19)5-12(20)7-13)16(21-10)17(25)24-18-23-14(8-26-2)9-27-18/h3-7,9,22H,8H2,1-2H3,(H,23,24,25). The molecule has 0 unspecified atom stereocenters. The summed E-state index contributed by atoms with van der Waals surface area (Å²) < 4.78 is 31.8. The number of carbonyl (C=O) groups is 1. The Bertz CT molecular complexity index is 957. The molecular formula is C18H16F2N4O2S. The average Bonchev–Trinajstić information content (AvgIpc) is 3.03. The molecule has 0 bridgehead atoms. The lowest BCUT2D eigenvalue weighted by Gasteiger charge is -2.12. The van der Waals surface area contributed by atoms with Crippen molar-refractivity contribution in [3.8, 4) is 0 Å². The molecule has 0 aliphatic rings. The fraction of sp³-hybridized carbons (Fsp3) is 0.167. The molecule has 2 N–H and O–H groups in total. The number of hydrogen-bond donors (Lipinski definition) is 2. The molecule has 27 heavy (non-hydrogen) atoms. The van der Waals surface area contributed by atoms with Crippen LogP contribution in [0, 0.1) is 18.6 Å². The number of hydrogen-bond acceptors (Lipinski definition) is 6. The van der Waals surface area contributed by atoms with Gasteiger partial charge in [-0.3, -0.25) is 10.1 Å². The molecule has 0 aliphatic carbocycles. The second-order valence-corrected chi connectivity index (χ2v) is 6.52. The van der Waals surface area contributed by atoms with Crippen LogP contribution >= 0.6 is 11.3 Å². The van der Waals surface area contributed by atoms with Gasteiger partial charge in [0.1, 0.15) is 11.6 Å². The summed E-state index contributed by atoms with van der Waals surface area (Å²) in [6.07, 6.45) is 0. The fourth-order valence-corrected chi connectivity index (χ4v) is 3.04. The maximum Gasteiger partial charge on any atom is 0.278 e. The van der Waals surface area contributed by atoms with Crippen molar-refractivity contribution in [1.82, 2.24) is 9.97 Å². The number of carbonyl (C=O) groups excluding carboxylic acids is 1. The highest BCUT2D eigenvalue weighted by atomic mass is 32.1. The van der Waals surface area contributed by atoms with E-state index in [1.165, 1.54) is 11.3 Å². The van der Waals surface area contributed by atoms with Gasteiger partial charge in [-0.25, -0.2) is 18.7 Å². The molecule has 1 aromatic carbocycles. The summed E-state index contributed by atoms with van der Waals surface area (Å²) in [6, 6.07) is 6.34. The van der Waals surface area contributed by atoms with E-state index in [2.05, 4.69) is 20.6 Å². The maximum absolute atomic E-state index is 13.4. The van der Waals surface area contributed by atoms with Crippen molar-refractivity contribution in [2.24, 2.45) is 0 Å². The first kappa shape index (κ1) is 18.9. The number of aromatic nitrogens is 2. The van der Waals surface area contributed by atoms with Gasteiger partial charge < -0.3 is 10.1 Å². The minimum Gasteiger partial charge on any atom is -0.378 e. The number of thiazole rings is 1. The van der Waals surface area contributed by atoms with Gasteiger partial charge in [-0.2, -0.15) is 0 Å². The quantitative estimate of drug-likeness (QED) is 0.657. The summed E-state index contributed by atoms with van der Waals surface area (Å²) in [5, 5.41) is 7.69. The predicted molar refractivity (Wildman–Crippen MR) is 99.4 cm³/mol. The molecular weight excluding hydrogens is 374 g/mol. The van der Waals surface area contributed by atoms with Gasteiger partial charge in [0.15, 0.2) is 10.8 Å². The SMILES string of the molecule is COCc1csc(NC(=O)c2nc(C)ccc2Nc2cc(F)cc(F)c2)n1. The number of nitrogens with one attached hydrogen (secondary N) is 2. The van der Waals surface area contributed by atoms with Crippen molar-refractivity contribution in [2.45, 2.75) is 13.5 Å². The molecule has 0 spiro atoms. The molecule has 0 radical (unpaired) electrons. The number of pyridine rings is 1. The lowest BCUT2D eigenvalue weighted by molar-refractivity contribution is 0.102. The average molecular weight is 390 g/mol. The number of anilines is 3. The van der Waals surface area contributed by atoms with Crippen LogP contribution in [0.15, 0.2) is 35.7 Å². The molecule has 9 heteroatoms. The number of halogens is 2. The normalized spacial score (nSPS) is 10.7. The molecule has 3 rings (SSSR count). The van der Waals surface area contributed by atoms with Gasteiger partial charge in [0.25, 0.3) is 5.91 Å². The molecule has 0 atom stereocenters. The van der Waals surface area contributed by atoms with E-state index in [0.29, 0.717) is 28.8 Å². The molecule has 1 amide bonds. The fourth-order valence-electron chi connectivity index (χ4n) is 2.35. The van der Waals surface area contributed by atoms with Crippen LogP contribution in [0.3, 0.4) is 0 Å². The molecule has 0 saturated carbocycles. The second-order valence-electron chi connectivity index (χ2n) is 5.66. The maximum atomic E-state index is 13.4. The molecule has 140 valence electrons. The topological polar surface area (TPSA) is 76.1 Å². The summed E-state index contributed by atoms with van der Waals surface area (Å²) in [4.78, 5) is 21.1. The Kier molecular flexibility index (Phi) is 5.72. The molecule has 2 heterocycles. The van der Waals surface area contributed by atoms with Crippen LogP contribution in [0.5, 0.6) is 0 Å². The number of ether oxygens (including phenoxy) is 1. The van der Waals surface area contributed by atoms with Crippen LogP contribution < -0.4 is 10.6 Å². The Hall–Kier alpha value is -2.91. The van der Waals surface area contributed by atoms with Crippen molar-refractivity contribution in [3.05, 3.63) is 64.4 Å². The van der Waals surface area contributed by atoms with Gasteiger partial charge in [-0.15, -0.1) is 11.3 Å². The number of aryl methyl sites for hydroxylation is 1. The molecule has 6 nitrogen and oxygen atoms in total. The van der Waals surface area contributed by atoms with Crippen molar-refractivity contribution in [1.29, 1.82) is 0 Å². The van der Waals surface area contributed by atoms with Gasteiger partial charge in [-0.05, 0) is 31.2 Å². The zero-order chi connectivity index (χ0) is 19.4. The van der Waals surface area contributed by atoms with E-state index in [-0.39, 0.29) is 11.4 Å². The van der Waals surface area contributed by atoms with Crippen LogP contribution in [-0.4, -0.2) is 23.0 Å². The third-order valence-corrected chi connectivity index (χ3v) is 4.26. The highest BCUT2D eigenvalue weighted by Gasteiger charge is 2.16. The van der Waals surface area contributed by atoms with E-state index in [0.717, 1.165) is 18.2 Å². The number of rotatable bonds is 6. The minimum atomic E-state index is -0.725. The third kappa shape index (κ3) is 4.83. The molecule has 0 saturated heterocycles. The summed E-state index contributed by atoms with van der Waals surface area (Å²) >= 11 is 1.26. The van der Waals surface area contributed by atoms with Gasteiger partial charge in [0, 0.05) is 29.9 Å². The predicted octanol–water partition coefficient (Wildman–Crippen LogP) is 4.27. The van der Waals surface area contributed by atoms with Crippen LogP contribution in [0.1, 0.15) is 21.9 Å². The van der Waals surface area contributed by atoms with Crippen molar-refractivity contribution in [2.75, 3.05) is 17.7 Å². The van der Waals surface area contributed by atoms with E-state index in [1.54, 1.807) is 31.5 Å². The van der Waals surface area contributed by atoms with E-state index in [4.69, 9.17) is 4.74 Å². The smallest absolute Gasteiger partial charge is 0.278 e. The Balaban J connectivity index is 1.85. The lowest BCUT2D eigenvalue weighted by Crippen LogP contribution is -2.16. The number of methoxy groups -OCH3 is 1. The number of benzene rings is 1. The van der Waals surface area contributed by atoms with E-state index in [1.807, 2.05) is 0 Å².